The van der Waals surface area contributed by atoms with Crippen molar-refractivity contribution in [2.75, 3.05) is 51.5 Å². The molecule has 0 aromatic rings. The average Bonchev–Trinajstić information content (AvgIpc) is 2.77. The molecule has 1 saturated heterocycles. The molecular formula is C14H29NO4S. The van der Waals surface area contributed by atoms with E-state index in [9.17, 15) is 8.42 Å². The number of hydrogen-bond acceptors (Lipinski definition) is 5. The highest BCUT2D eigenvalue weighted by Crippen LogP contribution is 2.28. The van der Waals surface area contributed by atoms with Gasteiger partial charge in [-0.1, -0.05) is 0 Å². The molecule has 1 fully saturated rings. The zero-order valence-corrected chi connectivity index (χ0v) is 13.6. The Hall–Kier alpha value is -0.170. The molecule has 2 atom stereocenters. The summed E-state index contributed by atoms with van der Waals surface area (Å²) in [4.78, 5) is 0. The second-order valence-corrected chi connectivity index (χ2v) is 7.69. The van der Waals surface area contributed by atoms with Crippen LogP contribution in [0.25, 0.3) is 0 Å². The van der Waals surface area contributed by atoms with Crippen LogP contribution in [0.4, 0.5) is 0 Å². The zero-order chi connectivity index (χ0) is 14.8. The zero-order valence-electron chi connectivity index (χ0n) is 12.8. The third-order valence-electron chi connectivity index (χ3n) is 3.89. The first kappa shape index (κ1) is 17.9. The maximum Gasteiger partial charge on any atom is 0.150 e. The Bertz CT molecular complexity index is 333. The molecule has 0 aliphatic carbocycles. The summed E-state index contributed by atoms with van der Waals surface area (Å²) < 4.78 is 33.7. The highest BCUT2D eigenvalue weighted by atomic mass is 32.2. The number of sulfone groups is 1. The molecule has 0 radical (unpaired) electrons. The van der Waals surface area contributed by atoms with Crippen LogP contribution in [0.3, 0.4) is 0 Å². The fourth-order valence-corrected chi connectivity index (χ4v) is 4.67. The molecule has 0 amide bonds. The topological polar surface area (TPSA) is 64.6 Å². The molecule has 5 nitrogen and oxygen atoms in total. The van der Waals surface area contributed by atoms with Crippen molar-refractivity contribution in [1.82, 2.24) is 5.32 Å². The highest BCUT2D eigenvalue weighted by Gasteiger charge is 2.33. The molecule has 6 heteroatoms. The van der Waals surface area contributed by atoms with E-state index in [0.717, 1.165) is 45.6 Å². The van der Waals surface area contributed by atoms with Crippen LogP contribution in [0.1, 0.15) is 26.2 Å². The van der Waals surface area contributed by atoms with Gasteiger partial charge in [-0.3, -0.25) is 0 Å². The van der Waals surface area contributed by atoms with Gasteiger partial charge >= 0.3 is 0 Å². The van der Waals surface area contributed by atoms with Crippen molar-refractivity contribution in [3.05, 3.63) is 0 Å². The van der Waals surface area contributed by atoms with Crippen LogP contribution in [0.2, 0.25) is 0 Å². The summed E-state index contributed by atoms with van der Waals surface area (Å²) in [5, 5.41) is 3.37. The van der Waals surface area contributed by atoms with Crippen LogP contribution in [0.5, 0.6) is 0 Å². The minimum atomic E-state index is -2.79. The summed E-state index contributed by atoms with van der Waals surface area (Å²) in [5.41, 5.74) is 0. The lowest BCUT2D eigenvalue weighted by Gasteiger charge is -2.23. The summed E-state index contributed by atoms with van der Waals surface area (Å²) >= 11 is 0. The molecule has 0 aromatic carbocycles. The number of rotatable bonds is 11. The number of hydrogen-bond donors (Lipinski definition) is 1. The first-order chi connectivity index (χ1) is 9.59. The predicted molar refractivity (Wildman–Crippen MR) is 80.7 cm³/mol. The lowest BCUT2D eigenvalue weighted by molar-refractivity contribution is 0.135. The van der Waals surface area contributed by atoms with Gasteiger partial charge in [0.25, 0.3) is 0 Å². The van der Waals surface area contributed by atoms with Crippen LogP contribution in [0.15, 0.2) is 0 Å². The Morgan fingerprint density at radius 1 is 1.35 bits per heavy atom. The van der Waals surface area contributed by atoms with Crippen LogP contribution < -0.4 is 5.32 Å². The Morgan fingerprint density at radius 3 is 2.75 bits per heavy atom. The van der Waals surface area contributed by atoms with E-state index in [2.05, 4.69) is 5.32 Å². The quantitative estimate of drug-likeness (QED) is 0.579. The lowest BCUT2D eigenvalue weighted by atomic mass is 9.88. The van der Waals surface area contributed by atoms with E-state index in [1.807, 2.05) is 6.92 Å². The summed E-state index contributed by atoms with van der Waals surface area (Å²) in [6.45, 7) is 5.88. The number of ether oxygens (including phenoxy) is 2. The molecule has 1 heterocycles. The SMILES string of the molecule is CCOCCCC(CNCCOC)C1CCS(=O)(=O)C1. The molecule has 2 unspecified atom stereocenters. The fourth-order valence-electron chi connectivity index (χ4n) is 2.75. The summed E-state index contributed by atoms with van der Waals surface area (Å²) in [6.07, 6.45) is 2.84. The third-order valence-corrected chi connectivity index (χ3v) is 5.69. The van der Waals surface area contributed by atoms with Crippen LogP contribution in [0, 0.1) is 11.8 Å². The summed E-state index contributed by atoms with van der Waals surface area (Å²) in [7, 11) is -1.11. The minimum absolute atomic E-state index is 0.302. The average molecular weight is 307 g/mol. The normalized spacial score (nSPS) is 23.0. The smallest absolute Gasteiger partial charge is 0.150 e. The minimum Gasteiger partial charge on any atom is -0.383 e. The molecule has 0 bridgehead atoms. The molecule has 1 N–H and O–H groups in total. The monoisotopic (exact) mass is 307 g/mol. The van der Waals surface area contributed by atoms with Crippen molar-refractivity contribution >= 4 is 9.84 Å². The Labute approximate surface area is 123 Å². The maximum atomic E-state index is 11.6. The maximum absolute atomic E-state index is 11.6. The molecule has 0 aromatic heterocycles. The van der Waals surface area contributed by atoms with E-state index < -0.39 is 9.84 Å². The summed E-state index contributed by atoms with van der Waals surface area (Å²) in [5.74, 6) is 1.44. The van der Waals surface area contributed by atoms with Gasteiger partial charge in [0.05, 0.1) is 18.1 Å². The van der Waals surface area contributed by atoms with Gasteiger partial charge in [-0.2, -0.15) is 0 Å². The first-order valence-corrected chi connectivity index (χ1v) is 9.39. The largest absolute Gasteiger partial charge is 0.383 e. The lowest BCUT2D eigenvalue weighted by Crippen LogP contribution is -2.31. The Morgan fingerprint density at radius 2 is 2.15 bits per heavy atom. The van der Waals surface area contributed by atoms with E-state index in [0.29, 0.717) is 29.9 Å². The van der Waals surface area contributed by atoms with Crippen LogP contribution in [-0.2, 0) is 19.3 Å². The molecule has 1 aliphatic rings. The van der Waals surface area contributed by atoms with E-state index in [4.69, 9.17) is 9.47 Å². The highest BCUT2D eigenvalue weighted by molar-refractivity contribution is 7.91. The molecule has 1 rings (SSSR count). The van der Waals surface area contributed by atoms with Gasteiger partial charge in [0.1, 0.15) is 0 Å². The van der Waals surface area contributed by atoms with E-state index >= 15 is 0 Å². The first-order valence-electron chi connectivity index (χ1n) is 7.57. The van der Waals surface area contributed by atoms with Crippen molar-refractivity contribution < 1.29 is 17.9 Å². The van der Waals surface area contributed by atoms with Crippen molar-refractivity contribution in [3.8, 4) is 0 Å². The van der Waals surface area contributed by atoms with E-state index in [1.54, 1.807) is 7.11 Å². The third kappa shape index (κ3) is 7.02. The van der Waals surface area contributed by atoms with Gasteiger partial charge in [-0.05, 0) is 44.6 Å². The molecule has 20 heavy (non-hydrogen) atoms. The number of methoxy groups -OCH3 is 1. The Kier molecular flexibility index (Phi) is 8.68. The van der Waals surface area contributed by atoms with E-state index in [1.165, 1.54) is 0 Å². The predicted octanol–water partition coefficient (Wildman–Crippen LogP) is 1.09. The fraction of sp³-hybridized carbons (Fsp3) is 1.00. The molecule has 0 saturated carbocycles. The standard InChI is InChI=1S/C14H29NO4S/c1-3-19-8-4-5-13(11-15-7-9-18-2)14-6-10-20(16,17)12-14/h13-15H,3-12H2,1-2H3. The van der Waals surface area contributed by atoms with Gasteiger partial charge in [0, 0.05) is 26.9 Å². The van der Waals surface area contributed by atoms with Gasteiger partial charge in [-0.25, -0.2) is 8.42 Å². The van der Waals surface area contributed by atoms with Gasteiger partial charge < -0.3 is 14.8 Å². The number of nitrogens with one attached hydrogen (secondary N) is 1. The molecule has 0 spiro atoms. The van der Waals surface area contributed by atoms with Crippen molar-refractivity contribution in [3.63, 3.8) is 0 Å². The van der Waals surface area contributed by atoms with Crippen molar-refractivity contribution in [2.24, 2.45) is 11.8 Å². The molecule has 1 aliphatic heterocycles. The van der Waals surface area contributed by atoms with Crippen molar-refractivity contribution in [2.45, 2.75) is 26.2 Å². The second kappa shape index (κ2) is 9.71. The van der Waals surface area contributed by atoms with Crippen molar-refractivity contribution in [1.29, 1.82) is 0 Å². The van der Waals surface area contributed by atoms with Crippen LogP contribution in [-0.4, -0.2) is 59.9 Å². The summed E-state index contributed by atoms with van der Waals surface area (Å²) in [6, 6.07) is 0. The van der Waals surface area contributed by atoms with Gasteiger partial charge in [-0.15, -0.1) is 0 Å². The van der Waals surface area contributed by atoms with Gasteiger partial charge in [0.2, 0.25) is 0 Å². The molecular weight excluding hydrogens is 278 g/mol. The second-order valence-electron chi connectivity index (χ2n) is 5.46. The van der Waals surface area contributed by atoms with E-state index in [-0.39, 0.29) is 0 Å². The Balaban J connectivity index is 2.37. The van der Waals surface area contributed by atoms with Crippen LogP contribution >= 0.6 is 0 Å². The van der Waals surface area contributed by atoms with Gasteiger partial charge in [0.15, 0.2) is 9.84 Å². The molecule has 120 valence electrons.